The monoisotopic (exact) mass is 460 g/mol. The third kappa shape index (κ3) is 6.51. The lowest BCUT2D eigenvalue weighted by Gasteiger charge is -2.31. The lowest BCUT2D eigenvalue weighted by molar-refractivity contribution is -0.132. The van der Waals surface area contributed by atoms with Crippen LogP contribution < -0.4 is 5.32 Å². The molecule has 3 heterocycles. The van der Waals surface area contributed by atoms with Crippen molar-refractivity contribution in [3.63, 3.8) is 0 Å². The van der Waals surface area contributed by atoms with E-state index in [4.69, 9.17) is 16.3 Å². The number of nitrogens with one attached hydrogen (secondary N) is 2. The van der Waals surface area contributed by atoms with E-state index in [1.165, 1.54) is 12.1 Å². The highest BCUT2D eigenvalue weighted by Crippen LogP contribution is 2.18. The fraction of sp³-hybridized carbons (Fsp3) is 0.348. The number of fused-ring (bicyclic) bond motifs is 1. The summed E-state index contributed by atoms with van der Waals surface area (Å²) in [6, 6.07) is 9.93. The molecule has 0 unspecified atom stereocenters. The molecule has 4 rings (SSSR count). The van der Waals surface area contributed by atoms with Crippen LogP contribution in [0.3, 0.4) is 0 Å². The highest BCUT2D eigenvalue weighted by atomic mass is 35.5. The molecule has 1 saturated heterocycles. The van der Waals surface area contributed by atoms with Crippen LogP contribution in [-0.2, 0) is 9.53 Å². The van der Waals surface area contributed by atoms with Crippen LogP contribution in [0.2, 0.25) is 5.15 Å². The summed E-state index contributed by atoms with van der Waals surface area (Å²) in [5, 5.41) is 3.81. The van der Waals surface area contributed by atoms with Gasteiger partial charge >= 0.3 is 0 Å². The molecule has 1 fully saturated rings. The van der Waals surface area contributed by atoms with Crippen molar-refractivity contribution >= 4 is 34.3 Å². The van der Waals surface area contributed by atoms with Crippen LogP contribution >= 0.6 is 11.6 Å². The summed E-state index contributed by atoms with van der Waals surface area (Å²) < 4.78 is 17.4. The summed E-state index contributed by atoms with van der Waals surface area (Å²) in [4.78, 5) is 33.1. The number of aryl methyl sites for hydroxylation is 1. The number of pyridine rings is 1. The number of hydrogen-bond donors (Lipinski definition) is 2. The van der Waals surface area contributed by atoms with Gasteiger partial charge < -0.3 is 19.9 Å². The minimum absolute atomic E-state index is 0.0406. The first-order valence-electron chi connectivity index (χ1n) is 10.3. The average molecular weight is 461 g/mol. The first kappa shape index (κ1) is 23.7. The minimum Gasteiger partial charge on any atom is -0.381 e. The average Bonchev–Trinajstić information content (AvgIpc) is 3.23. The summed E-state index contributed by atoms with van der Waals surface area (Å²) in [6.07, 6.45) is 3.22. The summed E-state index contributed by atoms with van der Waals surface area (Å²) >= 11 is 5.83. The number of hydrogen-bond acceptors (Lipinski definition) is 4. The summed E-state index contributed by atoms with van der Waals surface area (Å²) in [5.41, 5.74) is 2.18. The second kappa shape index (κ2) is 11.1. The number of ether oxygens (including phenoxy) is 1. The van der Waals surface area contributed by atoms with Gasteiger partial charge in [0.2, 0.25) is 5.91 Å². The second-order valence-corrected chi connectivity index (χ2v) is 7.99. The quantitative estimate of drug-likeness (QED) is 0.581. The Hall–Kier alpha value is -2.97. The largest absolute Gasteiger partial charge is 0.381 e. The van der Waals surface area contributed by atoms with Gasteiger partial charge in [-0.25, -0.2) is 9.37 Å². The molecule has 7 nitrogen and oxygen atoms in total. The van der Waals surface area contributed by atoms with E-state index in [0.29, 0.717) is 24.1 Å². The molecule has 0 spiro atoms. The zero-order valence-corrected chi connectivity index (χ0v) is 18.8. The normalized spacial score (nSPS) is 13.9. The van der Waals surface area contributed by atoms with Crippen molar-refractivity contribution < 1.29 is 18.7 Å². The van der Waals surface area contributed by atoms with Gasteiger partial charge in [-0.1, -0.05) is 29.3 Å². The number of carbonyl (C=O) groups excluding carboxylic acids is 2. The first-order chi connectivity index (χ1) is 15.3. The summed E-state index contributed by atoms with van der Waals surface area (Å²) in [6.45, 7) is 3.22. The number of halogens is 2. The van der Waals surface area contributed by atoms with Crippen molar-refractivity contribution in [3.05, 3.63) is 64.8 Å². The maximum absolute atomic E-state index is 12.2. The zero-order chi connectivity index (χ0) is 23.1. The molecule has 2 amide bonds. The number of H-pyrrole nitrogens is 1. The smallest absolute Gasteiger partial charge is 0.268 e. The van der Waals surface area contributed by atoms with Crippen molar-refractivity contribution in [2.75, 3.05) is 26.8 Å². The topological polar surface area (TPSA) is 87.3 Å². The van der Waals surface area contributed by atoms with Crippen molar-refractivity contribution in [3.8, 4) is 0 Å². The summed E-state index contributed by atoms with van der Waals surface area (Å²) in [7, 11) is 1.76. The van der Waals surface area contributed by atoms with Crippen LogP contribution in [-0.4, -0.2) is 59.5 Å². The molecule has 1 aromatic carbocycles. The minimum atomic E-state index is -0.337. The predicted molar refractivity (Wildman–Crippen MR) is 121 cm³/mol. The molecule has 0 atom stereocenters. The summed E-state index contributed by atoms with van der Waals surface area (Å²) in [5.74, 6) is -0.622. The van der Waals surface area contributed by atoms with Gasteiger partial charge in [0.25, 0.3) is 5.91 Å². The molecule has 0 saturated carbocycles. The van der Waals surface area contributed by atoms with Crippen LogP contribution in [0.5, 0.6) is 0 Å². The van der Waals surface area contributed by atoms with Crippen LogP contribution in [0.1, 0.15) is 28.9 Å². The maximum atomic E-state index is 12.2. The van der Waals surface area contributed by atoms with Crippen LogP contribution in [0.4, 0.5) is 4.39 Å². The number of amides is 2. The molecule has 0 aliphatic carbocycles. The van der Waals surface area contributed by atoms with E-state index in [1.54, 1.807) is 42.4 Å². The van der Waals surface area contributed by atoms with E-state index in [0.717, 1.165) is 29.3 Å². The van der Waals surface area contributed by atoms with Crippen LogP contribution in [0.15, 0.2) is 42.6 Å². The van der Waals surface area contributed by atoms with E-state index < -0.39 is 0 Å². The van der Waals surface area contributed by atoms with Gasteiger partial charge in [0.05, 0.1) is 18.3 Å². The zero-order valence-electron chi connectivity index (χ0n) is 18.0. The number of aromatic amines is 1. The Kier molecular flexibility index (Phi) is 8.19. The lowest BCUT2D eigenvalue weighted by Crippen LogP contribution is -2.45. The second-order valence-electron chi connectivity index (χ2n) is 7.60. The number of rotatable bonds is 4. The fourth-order valence-electron chi connectivity index (χ4n) is 3.31. The fourth-order valence-corrected chi connectivity index (χ4v) is 3.48. The standard InChI is InChI=1S/C16H19ClN4O3.C7H7F/c1-21(11-2-4-24-5-3-11)15(22)9-19-16(23)12-6-10-7-14(17)18-8-13(10)20-12;1-6-2-4-7(8)5-3-6/h6-8,11,20H,2-5,9H2,1H3,(H,19,23);2-5H,1H3. The van der Waals surface area contributed by atoms with E-state index in [9.17, 15) is 14.0 Å². The molecule has 170 valence electrons. The van der Waals surface area contributed by atoms with Gasteiger partial charge in [-0.15, -0.1) is 0 Å². The number of benzene rings is 1. The van der Waals surface area contributed by atoms with E-state index >= 15 is 0 Å². The van der Waals surface area contributed by atoms with Crippen molar-refractivity contribution in [2.45, 2.75) is 25.8 Å². The third-order valence-corrected chi connectivity index (χ3v) is 5.47. The van der Waals surface area contributed by atoms with E-state index in [1.807, 2.05) is 6.92 Å². The Bertz CT molecular complexity index is 1040. The van der Waals surface area contributed by atoms with E-state index in [-0.39, 0.29) is 30.2 Å². The molecular weight excluding hydrogens is 435 g/mol. The Morgan fingerprint density at radius 1 is 1.25 bits per heavy atom. The van der Waals surface area contributed by atoms with Gasteiger partial charge in [-0.2, -0.15) is 0 Å². The highest BCUT2D eigenvalue weighted by molar-refractivity contribution is 6.30. The molecule has 0 bridgehead atoms. The Balaban J connectivity index is 0.000000305. The van der Waals surface area contributed by atoms with Gasteiger partial charge in [0.15, 0.2) is 0 Å². The molecule has 3 aromatic rings. The molecule has 2 aromatic heterocycles. The Labute approximate surface area is 190 Å². The number of nitrogens with zero attached hydrogens (tertiary/aromatic N) is 2. The van der Waals surface area contributed by atoms with Gasteiger partial charge in [-0.3, -0.25) is 9.59 Å². The first-order valence-corrected chi connectivity index (χ1v) is 10.7. The van der Waals surface area contributed by atoms with Crippen LogP contribution in [0, 0.1) is 12.7 Å². The van der Waals surface area contributed by atoms with Crippen molar-refractivity contribution in [1.82, 2.24) is 20.2 Å². The molecule has 9 heteroatoms. The predicted octanol–water partition coefficient (Wildman–Crippen LogP) is 3.72. The lowest BCUT2D eigenvalue weighted by atomic mass is 10.1. The molecule has 1 aliphatic heterocycles. The van der Waals surface area contributed by atoms with E-state index in [2.05, 4.69) is 15.3 Å². The molecular formula is C23H26ClFN4O3. The van der Waals surface area contributed by atoms with Gasteiger partial charge in [0, 0.05) is 31.7 Å². The molecule has 1 aliphatic rings. The van der Waals surface area contributed by atoms with Crippen molar-refractivity contribution in [1.29, 1.82) is 0 Å². The van der Waals surface area contributed by atoms with Crippen LogP contribution in [0.25, 0.3) is 10.9 Å². The maximum Gasteiger partial charge on any atom is 0.268 e. The number of aromatic nitrogens is 2. The number of likely N-dealkylation sites (N-methyl/N-ethyl adjacent to an activating group) is 1. The third-order valence-electron chi connectivity index (χ3n) is 5.26. The molecule has 2 N–H and O–H groups in total. The van der Waals surface area contributed by atoms with Gasteiger partial charge in [-0.05, 0) is 44.0 Å². The Morgan fingerprint density at radius 2 is 1.94 bits per heavy atom. The Morgan fingerprint density at radius 3 is 2.59 bits per heavy atom. The SMILES string of the molecule is CN(C(=O)CNC(=O)c1cc2cc(Cl)ncc2[nH]1)C1CCOCC1.Cc1ccc(F)cc1. The molecule has 0 radical (unpaired) electrons. The van der Waals surface area contributed by atoms with Gasteiger partial charge in [0.1, 0.15) is 16.7 Å². The van der Waals surface area contributed by atoms with Crippen molar-refractivity contribution in [2.24, 2.45) is 0 Å². The highest BCUT2D eigenvalue weighted by Gasteiger charge is 2.22. The molecule has 32 heavy (non-hydrogen) atoms. The number of carbonyl (C=O) groups is 2.